The summed E-state index contributed by atoms with van der Waals surface area (Å²) in [5, 5.41) is 7.64. The van der Waals surface area contributed by atoms with Crippen molar-refractivity contribution >= 4 is 46.3 Å². The molecule has 6 rings (SSSR count). The zero-order chi connectivity index (χ0) is 20.9. The number of hydrogen-bond donors (Lipinski definition) is 0. The SMILES string of the molecule is CN1C(=O)[C@H]2[C@@H](C1=O)N1[C@@H](c3cccs3)[C@H]3C(=O)N(C)C(=O)[C@@H]3N1[C@@H]2c1cccs1. The number of fused-ring (bicyclic) bond motifs is 5. The Kier molecular flexibility index (Phi) is 3.72. The fourth-order valence-electron chi connectivity index (χ4n) is 5.59. The van der Waals surface area contributed by atoms with E-state index < -0.39 is 36.0 Å². The van der Waals surface area contributed by atoms with Gasteiger partial charge in [-0.1, -0.05) is 12.1 Å². The van der Waals surface area contributed by atoms with Gasteiger partial charge >= 0.3 is 0 Å². The topological polar surface area (TPSA) is 81.2 Å². The summed E-state index contributed by atoms with van der Waals surface area (Å²) in [6, 6.07) is 5.36. The minimum Gasteiger partial charge on any atom is -0.284 e. The second kappa shape index (κ2) is 6.07. The second-order valence-corrected chi connectivity index (χ2v) is 10.1. The van der Waals surface area contributed by atoms with Gasteiger partial charge in [-0.3, -0.25) is 29.0 Å². The molecule has 4 saturated heterocycles. The molecule has 30 heavy (non-hydrogen) atoms. The zero-order valence-electron chi connectivity index (χ0n) is 16.2. The lowest BCUT2D eigenvalue weighted by atomic mass is 9.88. The van der Waals surface area contributed by atoms with Gasteiger partial charge in [0.05, 0.1) is 23.9 Å². The molecule has 0 aliphatic carbocycles. The van der Waals surface area contributed by atoms with Gasteiger partial charge in [-0.15, -0.1) is 22.7 Å². The number of hydrazine groups is 1. The number of carbonyl (C=O) groups excluding carboxylic acids is 4. The van der Waals surface area contributed by atoms with Crippen molar-refractivity contribution in [2.75, 3.05) is 14.1 Å². The van der Waals surface area contributed by atoms with E-state index in [2.05, 4.69) is 0 Å². The Morgan fingerprint density at radius 1 is 0.633 bits per heavy atom. The van der Waals surface area contributed by atoms with Crippen molar-refractivity contribution in [3.63, 3.8) is 0 Å². The summed E-state index contributed by atoms with van der Waals surface area (Å²) in [5.41, 5.74) is 0. The van der Waals surface area contributed by atoms with Crippen LogP contribution in [0.2, 0.25) is 0 Å². The Hall–Kier alpha value is -2.40. The number of rotatable bonds is 2. The fraction of sp³-hybridized carbons (Fsp3) is 0.400. The van der Waals surface area contributed by atoms with Crippen molar-refractivity contribution in [2.24, 2.45) is 11.8 Å². The van der Waals surface area contributed by atoms with Gasteiger partial charge in [-0.2, -0.15) is 0 Å². The molecule has 4 aliphatic rings. The number of hydrogen-bond acceptors (Lipinski definition) is 8. The highest BCUT2D eigenvalue weighted by molar-refractivity contribution is 7.10. The Balaban J connectivity index is 1.59. The summed E-state index contributed by atoms with van der Waals surface area (Å²) in [5.74, 6) is -2.21. The monoisotopic (exact) mass is 442 g/mol. The summed E-state index contributed by atoms with van der Waals surface area (Å²) < 4.78 is 0. The van der Waals surface area contributed by atoms with E-state index in [1.165, 1.54) is 46.6 Å². The maximum absolute atomic E-state index is 13.2. The third-order valence-electron chi connectivity index (χ3n) is 6.84. The van der Waals surface area contributed by atoms with E-state index in [0.717, 1.165) is 9.75 Å². The standard InChI is InChI=1S/C20H18N4O4S2/c1-21-17(25)11-13(9-5-3-7-29-9)24-16-12(18(26)22(2)20(16)28)14(10-6-4-8-30-10)23(24)15(11)19(21)27/h3-8,11-16H,1-2H3/t11-,12-,13-,14+,15+,16-/m1/s1. The fourth-order valence-corrected chi connectivity index (χ4v) is 7.32. The minimum atomic E-state index is -0.710. The molecule has 0 spiro atoms. The van der Waals surface area contributed by atoms with Crippen LogP contribution < -0.4 is 0 Å². The summed E-state index contributed by atoms with van der Waals surface area (Å²) >= 11 is 3.00. The number of thiophene rings is 2. The predicted octanol–water partition coefficient (Wildman–Crippen LogP) is 1.10. The van der Waals surface area contributed by atoms with E-state index in [4.69, 9.17) is 0 Å². The van der Waals surface area contributed by atoms with Gasteiger partial charge in [0.1, 0.15) is 12.1 Å². The Morgan fingerprint density at radius 2 is 1.03 bits per heavy atom. The minimum absolute atomic E-state index is 0.232. The molecule has 4 fully saturated rings. The summed E-state index contributed by atoms with van der Waals surface area (Å²) in [4.78, 5) is 56.8. The molecular weight excluding hydrogens is 424 g/mol. The highest BCUT2D eigenvalue weighted by Gasteiger charge is 2.73. The van der Waals surface area contributed by atoms with Crippen LogP contribution in [0.1, 0.15) is 21.8 Å². The molecule has 0 unspecified atom stereocenters. The first-order valence-electron chi connectivity index (χ1n) is 9.69. The van der Waals surface area contributed by atoms with Gasteiger partial charge < -0.3 is 0 Å². The lowest BCUT2D eigenvalue weighted by Crippen LogP contribution is -2.48. The Bertz CT molecular complexity index is 998. The number of imide groups is 2. The normalized spacial score (nSPS) is 36.2. The van der Waals surface area contributed by atoms with E-state index in [0.29, 0.717) is 0 Å². The summed E-state index contributed by atoms with van der Waals surface area (Å²) in [7, 11) is 3.03. The van der Waals surface area contributed by atoms with E-state index in [9.17, 15) is 19.2 Å². The van der Waals surface area contributed by atoms with Crippen LogP contribution >= 0.6 is 22.7 Å². The van der Waals surface area contributed by atoms with Crippen LogP contribution in [0.3, 0.4) is 0 Å². The molecule has 8 nitrogen and oxygen atoms in total. The first-order chi connectivity index (χ1) is 14.4. The van der Waals surface area contributed by atoms with Gasteiger partial charge in [-0.05, 0) is 22.9 Å². The second-order valence-electron chi connectivity index (χ2n) is 8.09. The van der Waals surface area contributed by atoms with Gasteiger partial charge in [0.25, 0.3) is 0 Å². The molecule has 6 atom stereocenters. The van der Waals surface area contributed by atoms with E-state index in [1.807, 2.05) is 45.0 Å². The molecule has 4 amide bonds. The van der Waals surface area contributed by atoms with Crippen LogP contribution in [0.15, 0.2) is 35.0 Å². The van der Waals surface area contributed by atoms with Crippen molar-refractivity contribution in [1.29, 1.82) is 0 Å². The van der Waals surface area contributed by atoms with E-state index in [1.54, 1.807) is 0 Å². The van der Waals surface area contributed by atoms with Crippen LogP contribution in [0, 0.1) is 11.8 Å². The molecule has 6 heterocycles. The van der Waals surface area contributed by atoms with Crippen molar-refractivity contribution in [3.05, 3.63) is 44.8 Å². The third-order valence-corrected chi connectivity index (χ3v) is 8.72. The molecule has 2 aromatic heterocycles. The molecule has 0 radical (unpaired) electrons. The number of nitrogens with zero attached hydrogens (tertiary/aromatic N) is 4. The molecule has 2 aromatic rings. The highest BCUT2D eigenvalue weighted by atomic mass is 32.1. The maximum Gasteiger partial charge on any atom is 0.248 e. The molecule has 0 N–H and O–H groups in total. The molecule has 0 aromatic carbocycles. The van der Waals surface area contributed by atoms with Gasteiger partial charge in [-0.25, -0.2) is 10.0 Å². The quantitative estimate of drug-likeness (QED) is 0.648. The van der Waals surface area contributed by atoms with Crippen molar-refractivity contribution < 1.29 is 19.2 Å². The first kappa shape index (κ1) is 18.4. The number of carbonyl (C=O) groups is 4. The van der Waals surface area contributed by atoms with Gasteiger partial charge in [0, 0.05) is 23.8 Å². The molecule has 4 aliphatic heterocycles. The lowest BCUT2D eigenvalue weighted by molar-refractivity contribution is -0.151. The van der Waals surface area contributed by atoms with E-state index >= 15 is 0 Å². The summed E-state index contributed by atoms with van der Waals surface area (Å²) in [6.07, 6.45) is 0. The average Bonchev–Trinajstić information content (AvgIpc) is 3.54. The molecule has 10 heteroatoms. The van der Waals surface area contributed by atoms with E-state index in [-0.39, 0.29) is 23.6 Å². The van der Waals surface area contributed by atoms with Crippen LogP contribution in [0.25, 0.3) is 0 Å². The van der Waals surface area contributed by atoms with Crippen molar-refractivity contribution in [3.8, 4) is 0 Å². The number of likely N-dealkylation sites (N-methyl/N-ethyl adjacent to an activating group) is 2. The largest absolute Gasteiger partial charge is 0.284 e. The average molecular weight is 443 g/mol. The molecule has 0 saturated carbocycles. The van der Waals surface area contributed by atoms with Gasteiger partial charge in [0.15, 0.2) is 0 Å². The smallest absolute Gasteiger partial charge is 0.248 e. The van der Waals surface area contributed by atoms with Gasteiger partial charge in [0.2, 0.25) is 23.6 Å². The number of likely N-dealkylation sites (tertiary alicyclic amines) is 2. The highest BCUT2D eigenvalue weighted by Crippen LogP contribution is 2.59. The Morgan fingerprint density at radius 3 is 1.37 bits per heavy atom. The van der Waals surface area contributed by atoms with Crippen molar-refractivity contribution in [1.82, 2.24) is 19.8 Å². The molecular formula is C20H18N4O4S2. The molecule has 154 valence electrons. The molecule has 0 bridgehead atoms. The number of amides is 4. The lowest BCUT2D eigenvalue weighted by Gasteiger charge is -2.34. The van der Waals surface area contributed by atoms with Crippen LogP contribution in [-0.4, -0.2) is 69.6 Å². The Labute approximate surface area is 180 Å². The third kappa shape index (κ3) is 2.02. The van der Waals surface area contributed by atoms with Crippen LogP contribution in [0.4, 0.5) is 0 Å². The first-order valence-corrected chi connectivity index (χ1v) is 11.5. The maximum atomic E-state index is 13.2. The predicted molar refractivity (Wildman–Crippen MR) is 108 cm³/mol. The van der Waals surface area contributed by atoms with Crippen LogP contribution in [0.5, 0.6) is 0 Å². The summed E-state index contributed by atoms with van der Waals surface area (Å²) in [6.45, 7) is 0. The van der Waals surface area contributed by atoms with Crippen molar-refractivity contribution in [2.45, 2.75) is 24.2 Å². The zero-order valence-corrected chi connectivity index (χ0v) is 17.8. The van der Waals surface area contributed by atoms with Crippen LogP contribution in [-0.2, 0) is 19.2 Å².